The number of hydrogen-bond donors (Lipinski definition) is 1. The van der Waals surface area contributed by atoms with Gasteiger partial charge in [0.15, 0.2) is 17.3 Å². The third-order valence-electron chi connectivity index (χ3n) is 6.37. The van der Waals surface area contributed by atoms with E-state index in [0.29, 0.717) is 29.1 Å². The van der Waals surface area contributed by atoms with Gasteiger partial charge >= 0.3 is 0 Å². The fourth-order valence-electron chi connectivity index (χ4n) is 4.70. The Morgan fingerprint density at radius 3 is 2.44 bits per heavy atom. The molecule has 0 saturated carbocycles. The van der Waals surface area contributed by atoms with E-state index in [1.165, 1.54) is 11.1 Å². The molecule has 2 aromatic rings. The average Bonchev–Trinajstić information content (AvgIpc) is 2.81. The number of aryl methyl sites for hydroxylation is 1. The van der Waals surface area contributed by atoms with E-state index in [1.54, 1.807) is 26.0 Å². The number of carbonyl (C=O) groups excluding carboxylic acids is 1. The van der Waals surface area contributed by atoms with Gasteiger partial charge in [0.05, 0.1) is 36.8 Å². The minimum atomic E-state index is -0.440. The van der Waals surface area contributed by atoms with Gasteiger partial charge in [-0.3, -0.25) is 4.79 Å². The number of ether oxygens (including phenoxy) is 2. The number of rotatable bonds is 6. The second-order valence-electron chi connectivity index (χ2n) is 9.63. The van der Waals surface area contributed by atoms with E-state index >= 15 is 0 Å². The summed E-state index contributed by atoms with van der Waals surface area (Å²) in [7, 11) is 3.18. The van der Waals surface area contributed by atoms with Gasteiger partial charge in [0, 0.05) is 23.4 Å². The number of dihydropyridines is 1. The number of ketones is 1. The third kappa shape index (κ3) is 4.71. The maximum Gasteiger partial charge on any atom is 0.162 e. The van der Waals surface area contributed by atoms with E-state index in [9.17, 15) is 10.1 Å². The van der Waals surface area contributed by atoms with Crippen LogP contribution in [0.15, 0.2) is 64.3 Å². The van der Waals surface area contributed by atoms with Crippen molar-refractivity contribution in [2.45, 2.75) is 45.3 Å². The second-order valence-corrected chi connectivity index (χ2v) is 10.6. The van der Waals surface area contributed by atoms with Gasteiger partial charge in [0.25, 0.3) is 0 Å². The highest BCUT2D eigenvalue weighted by Crippen LogP contribution is 2.49. The summed E-state index contributed by atoms with van der Waals surface area (Å²) >= 11 is 1.61. The molecule has 34 heavy (non-hydrogen) atoms. The van der Waals surface area contributed by atoms with Crippen LogP contribution in [-0.4, -0.2) is 20.0 Å². The molecule has 6 heteroatoms. The number of nitrogens with one attached hydrogen (secondary N) is 1. The molecular weight excluding hydrogens is 444 g/mol. The molecule has 4 rings (SSSR count). The number of methoxy groups -OCH3 is 2. The number of benzene rings is 2. The van der Waals surface area contributed by atoms with Crippen LogP contribution in [-0.2, 0) is 10.5 Å². The molecule has 0 fully saturated rings. The van der Waals surface area contributed by atoms with Crippen LogP contribution in [0.5, 0.6) is 11.5 Å². The van der Waals surface area contributed by atoms with Crippen LogP contribution in [0.2, 0.25) is 0 Å². The van der Waals surface area contributed by atoms with Crippen LogP contribution < -0.4 is 14.8 Å². The van der Waals surface area contributed by atoms with Gasteiger partial charge in [-0.1, -0.05) is 49.7 Å². The predicted octanol–water partition coefficient (Wildman–Crippen LogP) is 6.01. The van der Waals surface area contributed by atoms with Crippen molar-refractivity contribution in [3.8, 4) is 17.6 Å². The summed E-state index contributed by atoms with van der Waals surface area (Å²) in [5.74, 6) is 1.57. The van der Waals surface area contributed by atoms with Crippen molar-refractivity contribution in [3.63, 3.8) is 0 Å². The largest absolute Gasteiger partial charge is 0.493 e. The van der Waals surface area contributed by atoms with Gasteiger partial charge in [-0.25, -0.2) is 0 Å². The van der Waals surface area contributed by atoms with Crippen molar-refractivity contribution in [1.29, 1.82) is 5.26 Å². The Bertz CT molecular complexity index is 1220. The highest BCUT2D eigenvalue weighted by Gasteiger charge is 2.42. The van der Waals surface area contributed by atoms with E-state index in [2.05, 4.69) is 56.4 Å². The van der Waals surface area contributed by atoms with E-state index in [4.69, 9.17) is 9.47 Å². The van der Waals surface area contributed by atoms with Gasteiger partial charge in [-0.15, -0.1) is 11.8 Å². The molecule has 1 atom stereocenters. The fraction of sp³-hybridized carbons (Fsp3) is 0.357. The standard InChI is InChI=1S/C28H30N2O3S/c1-17-6-8-18(9-7-17)16-34-27-20(15-29)25(19-10-11-23(32-4)24(12-19)33-5)26-21(30-27)13-28(2,3)14-22(26)31/h6-12,25,30H,13-14,16H2,1-5H3/t25-/m0/s1. The first kappa shape index (κ1) is 24.0. The third-order valence-corrected chi connectivity index (χ3v) is 7.46. The van der Waals surface area contributed by atoms with Crippen molar-refractivity contribution >= 4 is 17.5 Å². The molecule has 1 aliphatic carbocycles. The molecule has 0 saturated heterocycles. The van der Waals surface area contributed by atoms with Crippen molar-refractivity contribution in [2.24, 2.45) is 5.41 Å². The predicted molar refractivity (Wildman–Crippen MR) is 136 cm³/mol. The molecule has 0 radical (unpaired) electrons. The van der Waals surface area contributed by atoms with E-state index in [1.807, 2.05) is 18.2 Å². The SMILES string of the molecule is COc1ccc([C@H]2C(C#N)=C(SCc3ccc(C)cc3)NC3=C2C(=O)CC(C)(C)C3)cc1OC. The minimum Gasteiger partial charge on any atom is -0.493 e. The maximum atomic E-state index is 13.4. The molecule has 0 unspecified atom stereocenters. The van der Waals surface area contributed by atoms with Crippen LogP contribution in [0, 0.1) is 23.7 Å². The zero-order valence-electron chi connectivity index (χ0n) is 20.3. The van der Waals surface area contributed by atoms with Crippen LogP contribution >= 0.6 is 11.8 Å². The molecule has 0 bridgehead atoms. The number of nitrogens with zero attached hydrogens (tertiary/aromatic N) is 1. The molecule has 176 valence electrons. The Morgan fingerprint density at radius 1 is 1.09 bits per heavy atom. The smallest absolute Gasteiger partial charge is 0.162 e. The summed E-state index contributed by atoms with van der Waals surface area (Å²) < 4.78 is 10.9. The Hall–Kier alpha value is -3.17. The van der Waals surface area contributed by atoms with E-state index in [-0.39, 0.29) is 11.2 Å². The first-order valence-corrected chi connectivity index (χ1v) is 12.3. The van der Waals surface area contributed by atoms with Gasteiger partial charge < -0.3 is 14.8 Å². The highest BCUT2D eigenvalue weighted by molar-refractivity contribution is 8.02. The topological polar surface area (TPSA) is 71.3 Å². The molecule has 2 aromatic carbocycles. The molecule has 1 heterocycles. The lowest BCUT2D eigenvalue weighted by Crippen LogP contribution is -2.36. The average molecular weight is 475 g/mol. The quantitative estimate of drug-likeness (QED) is 0.553. The number of allylic oxidation sites excluding steroid dienone is 3. The Kier molecular flexibility index (Phi) is 6.77. The zero-order chi connectivity index (χ0) is 24.5. The molecule has 0 amide bonds. The van der Waals surface area contributed by atoms with Crippen molar-refractivity contribution in [3.05, 3.63) is 81.0 Å². The summed E-state index contributed by atoms with van der Waals surface area (Å²) in [6.45, 7) is 6.30. The van der Waals surface area contributed by atoms with Gasteiger partial charge in [-0.2, -0.15) is 5.26 Å². The highest BCUT2D eigenvalue weighted by atomic mass is 32.2. The molecule has 2 aliphatic rings. The molecule has 0 aromatic heterocycles. The van der Waals surface area contributed by atoms with E-state index in [0.717, 1.165) is 28.5 Å². The Balaban J connectivity index is 1.80. The first-order chi connectivity index (χ1) is 16.3. The molecule has 1 aliphatic heterocycles. The Morgan fingerprint density at radius 2 is 1.79 bits per heavy atom. The molecule has 0 spiro atoms. The molecular formula is C28H30N2O3S. The van der Waals surface area contributed by atoms with Crippen LogP contribution in [0.25, 0.3) is 0 Å². The minimum absolute atomic E-state index is 0.0915. The van der Waals surface area contributed by atoms with Crippen LogP contribution in [0.1, 0.15) is 49.3 Å². The van der Waals surface area contributed by atoms with Crippen molar-refractivity contribution in [2.75, 3.05) is 14.2 Å². The first-order valence-electron chi connectivity index (χ1n) is 11.3. The summed E-state index contributed by atoms with van der Waals surface area (Å²) in [6, 6.07) is 16.5. The lowest BCUT2D eigenvalue weighted by molar-refractivity contribution is -0.118. The normalized spacial score (nSPS) is 19.3. The number of nitriles is 1. The summed E-state index contributed by atoms with van der Waals surface area (Å²) in [6.07, 6.45) is 1.22. The van der Waals surface area contributed by atoms with Crippen molar-refractivity contribution < 1.29 is 14.3 Å². The second kappa shape index (κ2) is 9.60. The fourth-order valence-corrected chi connectivity index (χ4v) is 5.71. The summed E-state index contributed by atoms with van der Waals surface area (Å²) in [5.41, 5.74) is 5.30. The van der Waals surface area contributed by atoms with Crippen LogP contribution in [0.3, 0.4) is 0 Å². The molecule has 5 nitrogen and oxygen atoms in total. The Labute approximate surface area is 205 Å². The van der Waals surface area contributed by atoms with Gasteiger partial charge in [-0.05, 0) is 42.0 Å². The van der Waals surface area contributed by atoms with E-state index < -0.39 is 5.92 Å². The number of thioether (sulfide) groups is 1. The number of Topliss-reactive ketones (excluding diaryl/α,β-unsaturated/α-hetero) is 1. The lowest BCUT2D eigenvalue weighted by atomic mass is 9.69. The molecule has 1 N–H and O–H groups in total. The van der Waals surface area contributed by atoms with Gasteiger partial charge in [0.1, 0.15) is 0 Å². The maximum absolute atomic E-state index is 13.4. The lowest BCUT2D eigenvalue weighted by Gasteiger charge is -2.39. The zero-order valence-corrected chi connectivity index (χ0v) is 21.1. The summed E-state index contributed by atoms with van der Waals surface area (Å²) in [5, 5.41) is 14.6. The number of carbonyl (C=O) groups is 1. The van der Waals surface area contributed by atoms with Crippen LogP contribution in [0.4, 0.5) is 0 Å². The monoisotopic (exact) mass is 474 g/mol. The summed E-state index contributed by atoms with van der Waals surface area (Å²) in [4.78, 5) is 13.4. The number of hydrogen-bond acceptors (Lipinski definition) is 6. The van der Waals surface area contributed by atoms with Crippen molar-refractivity contribution in [1.82, 2.24) is 5.32 Å². The van der Waals surface area contributed by atoms with Gasteiger partial charge in [0.2, 0.25) is 0 Å².